The first-order valence-electron chi connectivity index (χ1n) is 5.07. The standard InChI is InChI=1S/C11H20O2/c1-3-5-7-8-10-13-11(12)9-6-4-2/h4H,2-3,5-10H2,1H3. The number of carbonyl (C=O) groups is 1. The third-order valence-corrected chi connectivity index (χ3v) is 1.81. The lowest BCUT2D eigenvalue weighted by Gasteiger charge is -2.02. The van der Waals surface area contributed by atoms with E-state index in [1.54, 1.807) is 6.08 Å². The maximum Gasteiger partial charge on any atom is 0.306 e. The van der Waals surface area contributed by atoms with Gasteiger partial charge in [-0.05, 0) is 12.8 Å². The van der Waals surface area contributed by atoms with Crippen LogP contribution >= 0.6 is 0 Å². The van der Waals surface area contributed by atoms with Gasteiger partial charge in [0.2, 0.25) is 0 Å². The van der Waals surface area contributed by atoms with Crippen LogP contribution in [-0.4, -0.2) is 12.6 Å². The maximum atomic E-state index is 11.0. The Morgan fingerprint density at radius 1 is 1.38 bits per heavy atom. The minimum Gasteiger partial charge on any atom is -0.466 e. The molecular formula is C11H20O2. The quantitative estimate of drug-likeness (QED) is 0.329. The number of unbranched alkanes of at least 4 members (excludes halogenated alkanes) is 3. The fraction of sp³-hybridized carbons (Fsp3) is 0.727. The number of rotatable bonds is 8. The van der Waals surface area contributed by atoms with Gasteiger partial charge in [0.05, 0.1) is 6.61 Å². The third kappa shape index (κ3) is 9.12. The first-order valence-corrected chi connectivity index (χ1v) is 5.07. The van der Waals surface area contributed by atoms with Gasteiger partial charge >= 0.3 is 5.97 Å². The molecule has 0 aromatic carbocycles. The van der Waals surface area contributed by atoms with Crippen LogP contribution in [0.3, 0.4) is 0 Å². The largest absolute Gasteiger partial charge is 0.466 e. The van der Waals surface area contributed by atoms with E-state index in [4.69, 9.17) is 4.74 Å². The molecule has 0 atom stereocenters. The second-order valence-electron chi connectivity index (χ2n) is 3.11. The van der Waals surface area contributed by atoms with E-state index >= 15 is 0 Å². The molecule has 0 heterocycles. The molecule has 0 aliphatic heterocycles. The SMILES string of the molecule is C=CCCC(=O)OCCCCCC. The average Bonchev–Trinajstić information content (AvgIpc) is 2.14. The number of hydrogen-bond acceptors (Lipinski definition) is 2. The Morgan fingerprint density at radius 2 is 2.15 bits per heavy atom. The summed E-state index contributed by atoms with van der Waals surface area (Å²) in [6.45, 7) is 6.29. The van der Waals surface area contributed by atoms with Gasteiger partial charge in [-0.15, -0.1) is 6.58 Å². The Bertz CT molecular complexity index is 141. The zero-order valence-corrected chi connectivity index (χ0v) is 8.55. The van der Waals surface area contributed by atoms with Crippen LogP contribution in [0.15, 0.2) is 12.7 Å². The van der Waals surface area contributed by atoms with E-state index < -0.39 is 0 Å². The molecule has 0 saturated carbocycles. The third-order valence-electron chi connectivity index (χ3n) is 1.81. The van der Waals surface area contributed by atoms with Crippen molar-refractivity contribution >= 4 is 5.97 Å². The summed E-state index contributed by atoms with van der Waals surface area (Å²) in [6.07, 6.45) is 7.51. The highest BCUT2D eigenvalue weighted by Gasteiger charge is 1.99. The number of allylic oxidation sites excluding steroid dienone is 1. The topological polar surface area (TPSA) is 26.3 Å². The van der Waals surface area contributed by atoms with Gasteiger partial charge < -0.3 is 4.74 Å². The molecule has 0 aromatic rings. The second-order valence-corrected chi connectivity index (χ2v) is 3.11. The Kier molecular flexibility index (Phi) is 8.73. The van der Waals surface area contributed by atoms with Crippen molar-refractivity contribution in [2.75, 3.05) is 6.61 Å². The summed E-state index contributed by atoms with van der Waals surface area (Å²) in [5, 5.41) is 0. The summed E-state index contributed by atoms with van der Waals surface area (Å²) in [4.78, 5) is 11.0. The van der Waals surface area contributed by atoms with E-state index in [1.165, 1.54) is 12.8 Å². The van der Waals surface area contributed by atoms with Crippen LogP contribution in [0.2, 0.25) is 0 Å². The van der Waals surface area contributed by atoms with Gasteiger partial charge in [-0.3, -0.25) is 4.79 Å². The zero-order valence-electron chi connectivity index (χ0n) is 8.55. The molecule has 2 nitrogen and oxygen atoms in total. The Labute approximate surface area is 81.0 Å². The van der Waals surface area contributed by atoms with Gasteiger partial charge in [-0.1, -0.05) is 32.3 Å². The van der Waals surface area contributed by atoms with Gasteiger partial charge in [0, 0.05) is 6.42 Å². The summed E-state index contributed by atoms with van der Waals surface area (Å²) in [6, 6.07) is 0. The monoisotopic (exact) mass is 184 g/mol. The number of ether oxygens (including phenoxy) is 1. The average molecular weight is 184 g/mol. The molecular weight excluding hydrogens is 164 g/mol. The van der Waals surface area contributed by atoms with E-state index in [1.807, 2.05) is 0 Å². The predicted octanol–water partition coefficient (Wildman–Crippen LogP) is 3.08. The van der Waals surface area contributed by atoms with Crippen LogP contribution in [0.1, 0.15) is 45.4 Å². The second kappa shape index (κ2) is 9.30. The van der Waals surface area contributed by atoms with Gasteiger partial charge in [0.15, 0.2) is 0 Å². The fourth-order valence-corrected chi connectivity index (χ4v) is 1.01. The van der Waals surface area contributed by atoms with E-state index in [9.17, 15) is 4.79 Å². The highest BCUT2D eigenvalue weighted by molar-refractivity contribution is 5.69. The molecule has 0 amide bonds. The van der Waals surface area contributed by atoms with E-state index in [2.05, 4.69) is 13.5 Å². The first-order chi connectivity index (χ1) is 6.31. The molecule has 0 radical (unpaired) electrons. The molecule has 0 N–H and O–H groups in total. The minimum absolute atomic E-state index is 0.101. The van der Waals surface area contributed by atoms with Crippen molar-refractivity contribution in [2.24, 2.45) is 0 Å². The number of carbonyl (C=O) groups excluding carboxylic acids is 1. The van der Waals surface area contributed by atoms with Gasteiger partial charge in [0.25, 0.3) is 0 Å². The van der Waals surface area contributed by atoms with Crippen LogP contribution in [0.5, 0.6) is 0 Å². The summed E-state index contributed by atoms with van der Waals surface area (Å²) in [5.74, 6) is -0.101. The fourth-order valence-electron chi connectivity index (χ4n) is 1.01. The first kappa shape index (κ1) is 12.2. The molecule has 0 spiro atoms. The minimum atomic E-state index is -0.101. The van der Waals surface area contributed by atoms with Crippen LogP contribution in [-0.2, 0) is 9.53 Å². The summed E-state index contributed by atoms with van der Waals surface area (Å²) in [7, 11) is 0. The number of hydrogen-bond donors (Lipinski definition) is 0. The van der Waals surface area contributed by atoms with Crippen LogP contribution in [0, 0.1) is 0 Å². The molecule has 0 bridgehead atoms. The predicted molar refractivity (Wildman–Crippen MR) is 54.5 cm³/mol. The molecule has 0 aliphatic rings. The molecule has 0 unspecified atom stereocenters. The lowest BCUT2D eigenvalue weighted by atomic mass is 10.2. The Morgan fingerprint density at radius 3 is 2.77 bits per heavy atom. The molecule has 0 fully saturated rings. The highest BCUT2D eigenvalue weighted by Crippen LogP contribution is 2.00. The van der Waals surface area contributed by atoms with E-state index in [0.29, 0.717) is 19.4 Å². The smallest absolute Gasteiger partial charge is 0.306 e. The normalized spacial score (nSPS) is 9.62. The van der Waals surface area contributed by atoms with Gasteiger partial charge in [0.1, 0.15) is 0 Å². The summed E-state index contributed by atoms with van der Waals surface area (Å²) >= 11 is 0. The van der Waals surface area contributed by atoms with E-state index in [0.717, 1.165) is 12.8 Å². The molecule has 2 heteroatoms. The van der Waals surface area contributed by atoms with Crippen LogP contribution in [0.4, 0.5) is 0 Å². The molecule has 0 rings (SSSR count). The summed E-state index contributed by atoms with van der Waals surface area (Å²) < 4.78 is 5.00. The van der Waals surface area contributed by atoms with Crippen LogP contribution in [0.25, 0.3) is 0 Å². The van der Waals surface area contributed by atoms with Crippen LogP contribution < -0.4 is 0 Å². The van der Waals surface area contributed by atoms with Crippen molar-refractivity contribution in [2.45, 2.75) is 45.4 Å². The van der Waals surface area contributed by atoms with Crippen molar-refractivity contribution < 1.29 is 9.53 Å². The molecule has 0 aliphatic carbocycles. The molecule has 13 heavy (non-hydrogen) atoms. The Balaban J connectivity index is 3.12. The molecule has 0 saturated heterocycles. The lowest BCUT2D eigenvalue weighted by molar-refractivity contribution is -0.143. The zero-order chi connectivity index (χ0) is 9.94. The Hall–Kier alpha value is -0.790. The summed E-state index contributed by atoms with van der Waals surface area (Å²) in [5.41, 5.74) is 0. The van der Waals surface area contributed by atoms with Gasteiger partial charge in [-0.25, -0.2) is 0 Å². The van der Waals surface area contributed by atoms with Crippen molar-refractivity contribution in [3.8, 4) is 0 Å². The van der Waals surface area contributed by atoms with Crippen molar-refractivity contribution in [1.29, 1.82) is 0 Å². The van der Waals surface area contributed by atoms with Crippen molar-refractivity contribution in [3.63, 3.8) is 0 Å². The highest BCUT2D eigenvalue weighted by atomic mass is 16.5. The van der Waals surface area contributed by atoms with E-state index in [-0.39, 0.29) is 5.97 Å². The maximum absolute atomic E-state index is 11.0. The van der Waals surface area contributed by atoms with Crippen molar-refractivity contribution in [3.05, 3.63) is 12.7 Å². The number of esters is 1. The van der Waals surface area contributed by atoms with Gasteiger partial charge in [-0.2, -0.15) is 0 Å². The lowest BCUT2D eigenvalue weighted by Crippen LogP contribution is -2.04. The van der Waals surface area contributed by atoms with Crippen molar-refractivity contribution in [1.82, 2.24) is 0 Å². The molecule has 76 valence electrons. The molecule has 0 aromatic heterocycles.